The molecule has 1 amide bonds. The largest absolute Gasteiger partial charge is 0.310 e. The number of amides is 1. The van der Waals surface area contributed by atoms with Crippen molar-refractivity contribution in [3.63, 3.8) is 0 Å². The van der Waals surface area contributed by atoms with Gasteiger partial charge in [-0.05, 0) is 25.0 Å². The van der Waals surface area contributed by atoms with E-state index in [1.807, 2.05) is 18.2 Å². The molecule has 1 aliphatic rings. The number of carbonyl (C=O) groups excluding carboxylic acids is 1. The predicted octanol–water partition coefficient (Wildman–Crippen LogP) is 2.73. The van der Waals surface area contributed by atoms with Crippen LogP contribution < -0.4 is 5.32 Å². The molecule has 16 heavy (non-hydrogen) atoms. The van der Waals surface area contributed by atoms with E-state index in [4.69, 9.17) is 0 Å². The summed E-state index contributed by atoms with van der Waals surface area (Å²) < 4.78 is 0. The summed E-state index contributed by atoms with van der Waals surface area (Å²) in [5.41, 5.74) is 1.02. The lowest BCUT2D eigenvalue weighted by atomic mass is 9.92. The van der Waals surface area contributed by atoms with Crippen LogP contribution in [0.15, 0.2) is 18.2 Å². The van der Waals surface area contributed by atoms with Gasteiger partial charge < -0.3 is 5.32 Å². The molecule has 1 aliphatic carbocycles. The molecule has 0 bridgehead atoms. The SMILES string of the molecule is CC(C)(C)c1cccc(NC(=O)C2CC2)n1. The summed E-state index contributed by atoms with van der Waals surface area (Å²) in [6, 6.07) is 5.78. The molecule has 3 nitrogen and oxygen atoms in total. The Morgan fingerprint density at radius 3 is 2.62 bits per heavy atom. The van der Waals surface area contributed by atoms with Crippen molar-refractivity contribution < 1.29 is 4.79 Å². The maximum absolute atomic E-state index is 11.6. The number of aromatic nitrogens is 1. The van der Waals surface area contributed by atoms with Crippen LogP contribution in [0.2, 0.25) is 0 Å². The van der Waals surface area contributed by atoms with Crippen molar-refractivity contribution in [3.05, 3.63) is 23.9 Å². The highest BCUT2D eigenvalue weighted by molar-refractivity contribution is 5.93. The molecule has 1 aromatic rings. The smallest absolute Gasteiger partial charge is 0.228 e. The molecule has 0 radical (unpaired) electrons. The first-order chi connectivity index (χ1) is 7.47. The normalized spacial score (nSPS) is 15.9. The van der Waals surface area contributed by atoms with Gasteiger partial charge in [0.15, 0.2) is 0 Å². The highest BCUT2D eigenvalue weighted by Crippen LogP contribution is 2.30. The van der Waals surface area contributed by atoms with Gasteiger partial charge in [0.05, 0.1) is 0 Å². The Bertz CT molecular complexity index is 403. The van der Waals surface area contributed by atoms with E-state index in [0.717, 1.165) is 18.5 Å². The van der Waals surface area contributed by atoms with Crippen molar-refractivity contribution in [2.75, 3.05) is 5.32 Å². The van der Waals surface area contributed by atoms with Crippen LogP contribution in [0.5, 0.6) is 0 Å². The van der Waals surface area contributed by atoms with Crippen molar-refractivity contribution in [3.8, 4) is 0 Å². The third-order valence-electron chi connectivity index (χ3n) is 2.72. The Hall–Kier alpha value is -1.38. The second-order valence-electron chi connectivity index (χ2n) is 5.42. The topological polar surface area (TPSA) is 42.0 Å². The number of hydrogen-bond acceptors (Lipinski definition) is 2. The molecular weight excluding hydrogens is 200 g/mol. The summed E-state index contributed by atoms with van der Waals surface area (Å²) in [6.45, 7) is 6.34. The molecule has 0 atom stereocenters. The molecule has 1 heterocycles. The maximum atomic E-state index is 11.6. The number of pyridine rings is 1. The van der Waals surface area contributed by atoms with Gasteiger partial charge in [-0.1, -0.05) is 26.8 Å². The summed E-state index contributed by atoms with van der Waals surface area (Å²) in [5.74, 6) is 1.00. The summed E-state index contributed by atoms with van der Waals surface area (Å²) in [5, 5.41) is 2.87. The summed E-state index contributed by atoms with van der Waals surface area (Å²) >= 11 is 0. The van der Waals surface area contributed by atoms with Gasteiger partial charge in [0, 0.05) is 17.0 Å². The van der Waals surface area contributed by atoms with Crippen LogP contribution in [-0.2, 0) is 10.2 Å². The fourth-order valence-electron chi connectivity index (χ4n) is 1.50. The van der Waals surface area contributed by atoms with E-state index in [1.165, 1.54) is 0 Å². The number of anilines is 1. The van der Waals surface area contributed by atoms with Crippen LogP contribution in [-0.4, -0.2) is 10.9 Å². The highest BCUT2D eigenvalue weighted by Gasteiger charge is 2.29. The van der Waals surface area contributed by atoms with Crippen LogP contribution in [0, 0.1) is 5.92 Å². The quantitative estimate of drug-likeness (QED) is 0.829. The fourth-order valence-corrected chi connectivity index (χ4v) is 1.50. The van der Waals surface area contributed by atoms with E-state index in [0.29, 0.717) is 5.82 Å². The van der Waals surface area contributed by atoms with E-state index in [1.54, 1.807) is 0 Å². The maximum Gasteiger partial charge on any atom is 0.228 e. The number of rotatable bonds is 2. The van der Waals surface area contributed by atoms with Gasteiger partial charge in [-0.2, -0.15) is 0 Å². The second kappa shape index (κ2) is 3.89. The van der Waals surface area contributed by atoms with E-state index >= 15 is 0 Å². The zero-order valence-electron chi connectivity index (χ0n) is 10.1. The van der Waals surface area contributed by atoms with Gasteiger partial charge in [0.2, 0.25) is 5.91 Å². The fraction of sp³-hybridized carbons (Fsp3) is 0.538. The van der Waals surface area contributed by atoms with Gasteiger partial charge >= 0.3 is 0 Å². The van der Waals surface area contributed by atoms with Crippen LogP contribution in [0.25, 0.3) is 0 Å². The molecule has 1 saturated carbocycles. The molecule has 86 valence electrons. The van der Waals surface area contributed by atoms with Gasteiger partial charge in [-0.3, -0.25) is 4.79 Å². The Labute approximate surface area is 96.3 Å². The Balaban J connectivity index is 2.12. The van der Waals surface area contributed by atoms with Gasteiger partial charge in [-0.15, -0.1) is 0 Å². The third-order valence-corrected chi connectivity index (χ3v) is 2.72. The molecule has 2 rings (SSSR count). The lowest BCUT2D eigenvalue weighted by Crippen LogP contribution is -2.18. The third kappa shape index (κ3) is 2.60. The predicted molar refractivity (Wildman–Crippen MR) is 64.3 cm³/mol. The van der Waals surface area contributed by atoms with E-state index in [-0.39, 0.29) is 17.2 Å². The summed E-state index contributed by atoms with van der Waals surface area (Å²) in [4.78, 5) is 16.0. The standard InChI is InChI=1S/C13H18N2O/c1-13(2,3)10-5-4-6-11(14-10)15-12(16)9-7-8-9/h4-6,9H,7-8H2,1-3H3,(H,14,15,16). The molecule has 0 aliphatic heterocycles. The van der Waals surface area contributed by atoms with Crippen molar-refractivity contribution in [1.29, 1.82) is 0 Å². The van der Waals surface area contributed by atoms with Gasteiger partial charge in [-0.25, -0.2) is 4.98 Å². The molecule has 0 spiro atoms. The minimum absolute atomic E-state index is 0.0142. The van der Waals surface area contributed by atoms with E-state index in [9.17, 15) is 4.79 Å². The Morgan fingerprint density at radius 1 is 1.38 bits per heavy atom. The monoisotopic (exact) mass is 218 g/mol. The minimum atomic E-state index is 0.0142. The number of nitrogens with one attached hydrogen (secondary N) is 1. The van der Waals surface area contributed by atoms with Gasteiger partial charge in [0.25, 0.3) is 0 Å². The number of nitrogens with zero attached hydrogens (tertiary/aromatic N) is 1. The average molecular weight is 218 g/mol. The van der Waals surface area contributed by atoms with Crippen LogP contribution in [0.3, 0.4) is 0 Å². The number of hydrogen-bond donors (Lipinski definition) is 1. The molecule has 1 N–H and O–H groups in total. The molecule has 0 aromatic carbocycles. The molecule has 1 fully saturated rings. The van der Waals surface area contributed by atoms with Crippen molar-refractivity contribution >= 4 is 11.7 Å². The summed E-state index contributed by atoms with van der Waals surface area (Å²) in [7, 11) is 0. The van der Waals surface area contributed by atoms with Crippen LogP contribution in [0.1, 0.15) is 39.3 Å². The molecule has 3 heteroatoms. The molecular formula is C13H18N2O. The second-order valence-corrected chi connectivity index (χ2v) is 5.42. The first kappa shape index (κ1) is 11.1. The Morgan fingerprint density at radius 2 is 2.06 bits per heavy atom. The van der Waals surface area contributed by atoms with Crippen molar-refractivity contribution in [2.45, 2.75) is 39.0 Å². The summed E-state index contributed by atoms with van der Waals surface area (Å²) in [6.07, 6.45) is 2.04. The Kier molecular flexibility index (Phi) is 2.70. The highest BCUT2D eigenvalue weighted by atomic mass is 16.2. The lowest BCUT2D eigenvalue weighted by molar-refractivity contribution is -0.117. The van der Waals surface area contributed by atoms with Crippen molar-refractivity contribution in [2.24, 2.45) is 5.92 Å². The van der Waals surface area contributed by atoms with E-state index < -0.39 is 0 Å². The molecule has 0 unspecified atom stereocenters. The zero-order chi connectivity index (χ0) is 11.8. The lowest BCUT2D eigenvalue weighted by Gasteiger charge is -2.18. The molecule has 1 aromatic heterocycles. The first-order valence-corrected chi connectivity index (χ1v) is 5.75. The van der Waals surface area contributed by atoms with Crippen LogP contribution in [0.4, 0.5) is 5.82 Å². The van der Waals surface area contributed by atoms with Crippen LogP contribution >= 0.6 is 0 Å². The van der Waals surface area contributed by atoms with E-state index in [2.05, 4.69) is 31.1 Å². The number of carbonyl (C=O) groups is 1. The van der Waals surface area contributed by atoms with Crippen molar-refractivity contribution in [1.82, 2.24) is 4.98 Å². The molecule has 0 saturated heterocycles. The first-order valence-electron chi connectivity index (χ1n) is 5.75. The average Bonchev–Trinajstić information content (AvgIpc) is 2.99. The van der Waals surface area contributed by atoms with Gasteiger partial charge in [0.1, 0.15) is 5.82 Å². The minimum Gasteiger partial charge on any atom is -0.310 e. The zero-order valence-corrected chi connectivity index (χ0v) is 10.1.